The zero-order valence-corrected chi connectivity index (χ0v) is 11.7. The summed E-state index contributed by atoms with van der Waals surface area (Å²) < 4.78 is 9.81. The van der Waals surface area contributed by atoms with Crippen molar-refractivity contribution in [3.8, 4) is 11.3 Å². The van der Waals surface area contributed by atoms with Crippen molar-refractivity contribution in [2.45, 2.75) is 12.8 Å². The van der Waals surface area contributed by atoms with Crippen LogP contribution in [0.3, 0.4) is 0 Å². The van der Waals surface area contributed by atoms with Gasteiger partial charge in [0, 0.05) is 17.5 Å². The van der Waals surface area contributed by atoms with Crippen LogP contribution in [0.2, 0.25) is 10.0 Å². The molecule has 19 heavy (non-hydrogen) atoms. The number of hydrogen-bond acceptors (Lipinski definition) is 4. The van der Waals surface area contributed by atoms with Crippen LogP contribution in [0.5, 0.6) is 0 Å². The molecule has 0 bridgehead atoms. The van der Waals surface area contributed by atoms with Crippen molar-refractivity contribution >= 4 is 29.2 Å². The SMILES string of the molecule is COC(=O)CCc1cnoc1-c1ccc(Cl)c(Cl)c1. The van der Waals surface area contributed by atoms with Crippen LogP contribution >= 0.6 is 23.2 Å². The maximum absolute atomic E-state index is 11.1. The van der Waals surface area contributed by atoms with Gasteiger partial charge in [0.2, 0.25) is 0 Å². The predicted molar refractivity (Wildman–Crippen MR) is 72.3 cm³/mol. The zero-order valence-electron chi connectivity index (χ0n) is 10.2. The van der Waals surface area contributed by atoms with Crippen molar-refractivity contribution in [2.75, 3.05) is 7.11 Å². The van der Waals surface area contributed by atoms with E-state index in [2.05, 4.69) is 9.89 Å². The highest BCUT2D eigenvalue weighted by atomic mass is 35.5. The number of rotatable bonds is 4. The minimum absolute atomic E-state index is 0.270. The Morgan fingerprint density at radius 3 is 2.84 bits per heavy atom. The number of methoxy groups -OCH3 is 1. The Kier molecular flexibility index (Phi) is 4.45. The Labute approximate surface area is 120 Å². The number of carbonyl (C=O) groups excluding carboxylic acids is 1. The standard InChI is InChI=1S/C13H11Cl2NO3/c1-18-12(17)5-3-9-7-16-19-13(9)8-2-4-10(14)11(15)6-8/h2,4,6-7H,3,5H2,1H3. The zero-order chi connectivity index (χ0) is 13.8. The molecule has 0 aliphatic carbocycles. The van der Waals surface area contributed by atoms with Gasteiger partial charge in [0.25, 0.3) is 0 Å². The second-order valence-electron chi connectivity index (χ2n) is 3.89. The van der Waals surface area contributed by atoms with Gasteiger partial charge in [-0.3, -0.25) is 4.79 Å². The summed E-state index contributed by atoms with van der Waals surface area (Å²) in [6, 6.07) is 5.17. The van der Waals surface area contributed by atoms with Crippen LogP contribution in [-0.2, 0) is 16.0 Å². The van der Waals surface area contributed by atoms with Gasteiger partial charge in [-0.25, -0.2) is 0 Å². The number of carbonyl (C=O) groups is 1. The molecule has 4 nitrogen and oxygen atoms in total. The Balaban J connectivity index is 2.23. The first kappa shape index (κ1) is 13.9. The molecule has 0 radical (unpaired) electrons. The summed E-state index contributed by atoms with van der Waals surface area (Å²) in [5, 5.41) is 4.66. The van der Waals surface area contributed by atoms with Gasteiger partial charge in [-0.2, -0.15) is 0 Å². The van der Waals surface area contributed by atoms with Crippen LogP contribution in [0.1, 0.15) is 12.0 Å². The summed E-state index contributed by atoms with van der Waals surface area (Å²) >= 11 is 11.8. The molecule has 0 saturated carbocycles. The number of hydrogen-bond donors (Lipinski definition) is 0. The molecule has 0 aliphatic rings. The van der Waals surface area contributed by atoms with Crippen molar-refractivity contribution in [1.29, 1.82) is 0 Å². The highest BCUT2D eigenvalue weighted by Crippen LogP contribution is 2.30. The molecule has 0 aliphatic heterocycles. The molecule has 0 amide bonds. The van der Waals surface area contributed by atoms with Gasteiger partial charge >= 0.3 is 5.97 Å². The highest BCUT2D eigenvalue weighted by Gasteiger charge is 2.13. The van der Waals surface area contributed by atoms with Crippen molar-refractivity contribution in [3.63, 3.8) is 0 Å². The summed E-state index contributed by atoms with van der Waals surface area (Å²) in [6.45, 7) is 0. The molecule has 2 aromatic rings. The van der Waals surface area contributed by atoms with E-state index in [-0.39, 0.29) is 12.4 Å². The van der Waals surface area contributed by atoms with E-state index in [1.54, 1.807) is 24.4 Å². The van der Waals surface area contributed by atoms with E-state index in [9.17, 15) is 4.79 Å². The third-order valence-electron chi connectivity index (χ3n) is 2.65. The molecular formula is C13H11Cl2NO3. The number of nitrogens with zero attached hydrogens (tertiary/aromatic N) is 1. The average molecular weight is 300 g/mol. The molecule has 0 fully saturated rings. The van der Waals surface area contributed by atoms with Crippen LogP contribution in [-0.4, -0.2) is 18.2 Å². The maximum Gasteiger partial charge on any atom is 0.305 e. The van der Waals surface area contributed by atoms with Crippen LogP contribution in [0.15, 0.2) is 28.9 Å². The van der Waals surface area contributed by atoms with E-state index >= 15 is 0 Å². The van der Waals surface area contributed by atoms with Crippen molar-refractivity contribution in [2.24, 2.45) is 0 Å². The monoisotopic (exact) mass is 299 g/mol. The number of aryl methyl sites for hydroxylation is 1. The van der Waals surface area contributed by atoms with E-state index < -0.39 is 0 Å². The fraction of sp³-hybridized carbons (Fsp3) is 0.231. The molecule has 1 heterocycles. The molecule has 1 aromatic carbocycles. The van der Waals surface area contributed by atoms with Gasteiger partial charge < -0.3 is 9.26 Å². The van der Waals surface area contributed by atoms with E-state index in [0.29, 0.717) is 22.2 Å². The van der Waals surface area contributed by atoms with E-state index in [1.165, 1.54) is 7.11 Å². The smallest absolute Gasteiger partial charge is 0.305 e. The lowest BCUT2D eigenvalue weighted by Crippen LogP contribution is -2.01. The lowest BCUT2D eigenvalue weighted by Gasteiger charge is -2.02. The number of esters is 1. The number of aromatic nitrogens is 1. The second kappa shape index (κ2) is 6.08. The number of halogens is 2. The van der Waals surface area contributed by atoms with Gasteiger partial charge in [-0.15, -0.1) is 0 Å². The normalized spacial score (nSPS) is 10.5. The minimum atomic E-state index is -0.277. The number of ether oxygens (including phenoxy) is 1. The van der Waals surface area contributed by atoms with Gasteiger partial charge in [0.1, 0.15) is 0 Å². The average Bonchev–Trinajstić information content (AvgIpc) is 2.87. The van der Waals surface area contributed by atoms with Crippen molar-refractivity contribution in [1.82, 2.24) is 5.16 Å². The Bertz CT molecular complexity index is 595. The third kappa shape index (κ3) is 3.28. The molecule has 100 valence electrons. The maximum atomic E-state index is 11.1. The van der Waals surface area contributed by atoms with Crippen molar-refractivity contribution < 1.29 is 14.1 Å². The summed E-state index contributed by atoms with van der Waals surface area (Å²) in [5.74, 6) is 0.309. The summed E-state index contributed by atoms with van der Waals surface area (Å²) in [4.78, 5) is 11.1. The molecular weight excluding hydrogens is 289 g/mol. The first-order valence-corrected chi connectivity index (χ1v) is 6.33. The van der Waals surface area contributed by atoms with Gasteiger partial charge in [0.15, 0.2) is 5.76 Å². The third-order valence-corrected chi connectivity index (χ3v) is 3.39. The van der Waals surface area contributed by atoms with Gasteiger partial charge in [-0.1, -0.05) is 28.4 Å². The first-order valence-electron chi connectivity index (χ1n) is 5.57. The molecule has 0 N–H and O–H groups in total. The molecule has 0 atom stereocenters. The summed E-state index contributed by atoms with van der Waals surface area (Å²) in [7, 11) is 1.36. The van der Waals surface area contributed by atoms with Gasteiger partial charge in [-0.05, 0) is 24.6 Å². The van der Waals surface area contributed by atoms with Crippen molar-refractivity contribution in [3.05, 3.63) is 40.0 Å². The van der Waals surface area contributed by atoms with E-state index in [0.717, 1.165) is 11.1 Å². The lowest BCUT2D eigenvalue weighted by atomic mass is 10.1. The summed E-state index contributed by atoms with van der Waals surface area (Å²) in [5.41, 5.74) is 1.59. The Morgan fingerprint density at radius 1 is 1.37 bits per heavy atom. The van der Waals surface area contributed by atoms with Crippen LogP contribution in [0.25, 0.3) is 11.3 Å². The predicted octanol–water partition coefficient (Wildman–Crippen LogP) is 3.75. The first-order chi connectivity index (χ1) is 9.11. The Morgan fingerprint density at radius 2 is 2.16 bits per heavy atom. The topological polar surface area (TPSA) is 52.3 Å². The van der Waals surface area contributed by atoms with Crippen LogP contribution < -0.4 is 0 Å². The number of benzene rings is 1. The molecule has 0 unspecified atom stereocenters. The van der Waals surface area contributed by atoms with Crippen LogP contribution in [0, 0.1) is 0 Å². The molecule has 2 rings (SSSR count). The molecule has 6 heteroatoms. The van der Waals surface area contributed by atoms with E-state index in [1.807, 2.05) is 0 Å². The lowest BCUT2D eigenvalue weighted by molar-refractivity contribution is -0.140. The molecule has 0 saturated heterocycles. The minimum Gasteiger partial charge on any atom is -0.469 e. The second-order valence-corrected chi connectivity index (χ2v) is 4.70. The fourth-order valence-corrected chi connectivity index (χ4v) is 1.95. The Hall–Kier alpha value is -1.52. The quantitative estimate of drug-likeness (QED) is 0.807. The fourth-order valence-electron chi connectivity index (χ4n) is 1.65. The highest BCUT2D eigenvalue weighted by molar-refractivity contribution is 6.42. The van der Waals surface area contributed by atoms with E-state index in [4.69, 9.17) is 27.7 Å². The van der Waals surface area contributed by atoms with Gasteiger partial charge in [0.05, 0.1) is 23.4 Å². The van der Waals surface area contributed by atoms with Crippen LogP contribution in [0.4, 0.5) is 0 Å². The molecule has 1 aromatic heterocycles. The molecule has 0 spiro atoms. The largest absolute Gasteiger partial charge is 0.469 e. The summed E-state index contributed by atoms with van der Waals surface area (Å²) in [6.07, 6.45) is 2.35.